The molecule has 0 spiro atoms. The Labute approximate surface area is 126 Å². The van der Waals surface area contributed by atoms with Gasteiger partial charge in [0.05, 0.1) is 6.04 Å². The molecule has 2 nitrogen and oxygen atoms in total. The van der Waals surface area contributed by atoms with E-state index in [1.807, 2.05) is 18.2 Å². The van der Waals surface area contributed by atoms with Gasteiger partial charge in [0.2, 0.25) is 0 Å². The zero-order chi connectivity index (χ0) is 13.2. The van der Waals surface area contributed by atoms with Crippen LogP contribution >= 0.6 is 22.6 Å². The Morgan fingerprint density at radius 1 is 1.16 bits per heavy atom. The quantitative estimate of drug-likeness (QED) is 0.614. The minimum absolute atomic E-state index is 0.108. The number of carbonyl (C=O) groups excluding carboxylic acids is 1. The second kappa shape index (κ2) is 5.43. The van der Waals surface area contributed by atoms with Crippen LogP contribution < -0.4 is 0 Å². The van der Waals surface area contributed by atoms with E-state index in [2.05, 4.69) is 57.8 Å². The van der Waals surface area contributed by atoms with Crippen LogP contribution in [0.2, 0.25) is 0 Å². The van der Waals surface area contributed by atoms with Crippen molar-refractivity contribution in [3.8, 4) is 0 Å². The molecule has 1 atom stereocenters. The van der Waals surface area contributed by atoms with Gasteiger partial charge in [-0.15, -0.1) is 0 Å². The Hall–Kier alpha value is -1.20. The lowest BCUT2D eigenvalue weighted by molar-refractivity contribution is -0.112. The Bertz CT molecular complexity index is 597. The van der Waals surface area contributed by atoms with Crippen LogP contribution in [0.25, 0.3) is 0 Å². The van der Waals surface area contributed by atoms with Gasteiger partial charge in [-0.3, -0.25) is 4.90 Å². The molecule has 0 aliphatic carbocycles. The second-order valence-electron chi connectivity index (χ2n) is 4.78. The van der Waals surface area contributed by atoms with E-state index in [1.165, 1.54) is 20.3 Å². The van der Waals surface area contributed by atoms with Crippen molar-refractivity contribution in [1.29, 1.82) is 0 Å². The molecular formula is C16H14INO. The molecule has 3 heteroatoms. The molecule has 2 aromatic rings. The predicted molar refractivity (Wildman–Crippen MR) is 83.7 cm³/mol. The van der Waals surface area contributed by atoms with Crippen LogP contribution in [0.3, 0.4) is 0 Å². The summed E-state index contributed by atoms with van der Waals surface area (Å²) in [6.07, 6.45) is 1.07. The Kier molecular flexibility index (Phi) is 3.66. The van der Waals surface area contributed by atoms with Crippen molar-refractivity contribution in [2.45, 2.75) is 19.1 Å². The number of fused-ring (bicyclic) bond motifs is 1. The summed E-state index contributed by atoms with van der Waals surface area (Å²) in [5.74, 6) is 0. The predicted octanol–water partition coefficient (Wildman–Crippen LogP) is 3.55. The smallest absolute Gasteiger partial charge is 0.141 e. The highest BCUT2D eigenvalue weighted by Crippen LogP contribution is 2.36. The van der Waals surface area contributed by atoms with Crippen LogP contribution in [0.1, 0.15) is 22.7 Å². The topological polar surface area (TPSA) is 20.3 Å². The lowest BCUT2D eigenvalue weighted by Crippen LogP contribution is -2.22. The first-order chi connectivity index (χ1) is 9.29. The highest BCUT2D eigenvalue weighted by atomic mass is 127. The highest BCUT2D eigenvalue weighted by molar-refractivity contribution is 14.1. The maximum atomic E-state index is 11.5. The minimum atomic E-state index is -0.108. The van der Waals surface area contributed by atoms with Crippen molar-refractivity contribution < 1.29 is 4.79 Å². The molecule has 0 saturated carbocycles. The maximum Gasteiger partial charge on any atom is 0.141 e. The van der Waals surface area contributed by atoms with Crippen molar-refractivity contribution in [3.63, 3.8) is 0 Å². The monoisotopic (exact) mass is 363 g/mol. The van der Waals surface area contributed by atoms with E-state index in [0.29, 0.717) is 0 Å². The first-order valence-electron chi connectivity index (χ1n) is 6.30. The zero-order valence-electron chi connectivity index (χ0n) is 10.4. The molecule has 0 amide bonds. The molecule has 0 fully saturated rings. The van der Waals surface area contributed by atoms with Gasteiger partial charge in [0, 0.05) is 16.7 Å². The van der Waals surface area contributed by atoms with Gasteiger partial charge in [0.25, 0.3) is 0 Å². The second-order valence-corrected chi connectivity index (χ2v) is 5.95. The SMILES string of the molecule is O=CC1c2c(I)cccc2CN1Cc1ccccc1. The normalized spacial score (nSPS) is 18.3. The molecular weight excluding hydrogens is 349 g/mol. The summed E-state index contributed by atoms with van der Waals surface area (Å²) in [7, 11) is 0. The van der Waals surface area contributed by atoms with Crippen molar-refractivity contribution in [2.75, 3.05) is 0 Å². The van der Waals surface area contributed by atoms with Gasteiger partial charge < -0.3 is 4.79 Å². The number of nitrogens with zero attached hydrogens (tertiary/aromatic N) is 1. The standard InChI is InChI=1S/C16H14INO/c17-14-8-4-7-13-10-18(15(11-19)16(13)14)9-12-5-2-1-3-6-12/h1-8,11,15H,9-10H2. The summed E-state index contributed by atoms with van der Waals surface area (Å²) in [5, 5.41) is 0. The number of rotatable bonds is 3. The van der Waals surface area contributed by atoms with Crippen LogP contribution in [-0.2, 0) is 17.9 Å². The van der Waals surface area contributed by atoms with Gasteiger partial charge >= 0.3 is 0 Å². The summed E-state index contributed by atoms with van der Waals surface area (Å²) in [6.45, 7) is 1.67. The summed E-state index contributed by atoms with van der Waals surface area (Å²) in [5.41, 5.74) is 3.71. The van der Waals surface area contributed by atoms with Crippen molar-refractivity contribution >= 4 is 28.9 Å². The van der Waals surface area contributed by atoms with E-state index < -0.39 is 0 Å². The summed E-state index contributed by atoms with van der Waals surface area (Å²) >= 11 is 2.32. The molecule has 2 aromatic carbocycles. The van der Waals surface area contributed by atoms with Gasteiger partial charge in [-0.1, -0.05) is 42.5 Å². The van der Waals surface area contributed by atoms with E-state index in [-0.39, 0.29) is 6.04 Å². The average Bonchev–Trinajstić information content (AvgIpc) is 2.78. The molecule has 0 N–H and O–H groups in total. The first-order valence-corrected chi connectivity index (χ1v) is 7.38. The zero-order valence-corrected chi connectivity index (χ0v) is 12.6. The fourth-order valence-electron chi connectivity index (χ4n) is 2.68. The van der Waals surface area contributed by atoms with Crippen LogP contribution in [-0.4, -0.2) is 11.2 Å². The van der Waals surface area contributed by atoms with Gasteiger partial charge in [0.15, 0.2) is 0 Å². The molecule has 1 unspecified atom stereocenters. The van der Waals surface area contributed by atoms with Crippen molar-refractivity contribution in [3.05, 3.63) is 68.8 Å². The molecule has 3 rings (SSSR count). The number of benzene rings is 2. The number of hydrogen-bond donors (Lipinski definition) is 0. The summed E-state index contributed by atoms with van der Waals surface area (Å²) in [4.78, 5) is 13.7. The maximum absolute atomic E-state index is 11.5. The Morgan fingerprint density at radius 2 is 1.95 bits per heavy atom. The lowest BCUT2D eigenvalue weighted by atomic mass is 10.1. The molecule has 1 aliphatic heterocycles. The number of aldehydes is 1. The molecule has 19 heavy (non-hydrogen) atoms. The van der Waals surface area contributed by atoms with E-state index >= 15 is 0 Å². The van der Waals surface area contributed by atoms with E-state index in [1.54, 1.807) is 0 Å². The van der Waals surface area contributed by atoms with Crippen LogP contribution in [0.4, 0.5) is 0 Å². The van der Waals surface area contributed by atoms with Crippen molar-refractivity contribution in [2.24, 2.45) is 0 Å². The third kappa shape index (κ3) is 2.44. The Balaban J connectivity index is 1.90. The fraction of sp³-hybridized carbons (Fsp3) is 0.188. The third-order valence-corrected chi connectivity index (χ3v) is 4.50. The average molecular weight is 363 g/mol. The summed E-state index contributed by atoms with van der Waals surface area (Å²) < 4.78 is 1.18. The third-order valence-electron chi connectivity index (χ3n) is 3.56. The van der Waals surface area contributed by atoms with Gasteiger partial charge in [-0.05, 0) is 45.3 Å². The van der Waals surface area contributed by atoms with E-state index in [4.69, 9.17) is 0 Å². The molecule has 0 saturated heterocycles. The molecule has 0 aromatic heterocycles. The van der Waals surface area contributed by atoms with E-state index in [9.17, 15) is 4.79 Å². The largest absolute Gasteiger partial charge is 0.301 e. The number of carbonyl (C=O) groups is 1. The summed E-state index contributed by atoms with van der Waals surface area (Å²) in [6, 6.07) is 16.5. The molecule has 0 radical (unpaired) electrons. The molecule has 0 bridgehead atoms. The highest BCUT2D eigenvalue weighted by Gasteiger charge is 2.31. The molecule has 1 heterocycles. The molecule has 96 valence electrons. The Morgan fingerprint density at radius 3 is 2.68 bits per heavy atom. The molecule has 1 aliphatic rings. The van der Waals surface area contributed by atoms with E-state index in [0.717, 1.165) is 19.4 Å². The lowest BCUT2D eigenvalue weighted by Gasteiger charge is -2.20. The van der Waals surface area contributed by atoms with Gasteiger partial charge in [0.1, 0.15) is 6.29 Å². The number of hydrogen-bond acceptors (Lipinski definition) is 2. The van der Waals surface area contributed by atoms with Crippen LogP contribution in [0.5, 0.6) is 0 Å². The minimum Gasteiger partial charge on any atom is -0.301 e. The number of halogens is 1. The van der Waals surface area contributed by atoms with Gasteiger partial charge in [-0.25, -0.2) is 0 Å². The first kappa shape index (κ1) is 12.8. The van der Waals surface area contributed by atoms with Crippen LogP contribution in [0.15, 0.2) is 48.5 Å². The van der Waals surface area contributed by atoms with Crippen LogP contribution in [0, 0.1) is 3.57 Å². The van der Waals surface area contributed by atoms with Gasteiger partial charge in [-0.2, -0.15) is 0 Å². The fourth-order valence-corrected chi connectivity index (χ4v) is 3.55. The van der Waals surface area contributed by atoms with Crippen molar-refractivity contribution in [1.82, 2.24) is 4.90 Å².